The molecule has 112 valence electrons. The first kappa shape index (κ1) is 15.4. The summed E-state index contributed by atoms with van der Waals surface area (Å²) in [6, 6.07) is 4.53. The third kappa shape index (κ3) is 3.76. The molecule has 0 amide bonds. The maximum Gasteiger partial charge on any atom is 0.416 e. The van der Waals surface area contributed by atoms with Crippen molar-refractivity contribution >= 4 is 17.6 Å². The minimum Gasteiger partial charge on any atom is -0.392 e. The monoisotopic (exact) mass is 317 g/mol. The van der Waals surface area contributed by atoms with Crippen LogP contribution in [0.2, 0.25) is 0 Å². The number of aliphatic hydroxyl groups is 1. The van der Waals surface area contributed by atoms with E-state index in [9.17, 15) is 18.0 Å². The Morgan fingerprint density at radius 1 is 1.33 bits per heavy atom. The van der Waals surface area contributed by atoms with E-state index >= 15 is 0 Å². The highest BCUT2D eigenvalue weighted by molar-refractivity contribution is 7.99. The first-order chi connectivity index (χ1) is 9.79. The molecule has 1 aromatic carbocycles. The van der Waals surface area contributed by atoms with E-state index in [-0.39, 0.29) is 21.4 Å². The Labute approximate surface area is 121 Å². The lowest BCUT2D eigenvalue weighted by molar-refractivity contribution is -0.138. The van der Waals surface area contributed by atoms with Crippen molar-refractivity contribution in [3.63, 3.8) is 0 Å². The number of nitrogens with two attached hydrogens (primary N) is 1. The van der Waals surface area contributed by atoms with E-state index < -0.39 is 23.9 Å². The second kappa shape index (κ2) is 5.78. The molecule has 0 bridgehead atoms. The predicted octanol–water partition coefficient (Wildman–Crippen LogP) is 2.01. The number of hydrogen-bond donors (Lipinski definition) is 3. The zero-order valence-electron chi connectivity index (χ0n) is 10.4. The third-order valence-corrected chi connectivity index (χ3v) is 3.39. The summed E-state index contributed by atoms with van der Waals surface area (Å²) in [5.41, 5.74) is 3.76. The van der Waals surface area contributed by atoms with Gasteiger partial charge in [0.15, 0.2) is 5.16 Å². The summed E-state index contributed by atoms with van der Waals surface area (Å²) in [4.78, 5) is 17.6. The van der Waals surface area contributed by atoms with E-state index in [1.807, 2.05) is 0 Å². The number of rotatable bonds is 3. The maximum absolute atomic E-state index is 12.9. The summed E-state index contributed by atoms with van der Waals surface area (Å²) in [5.74, 6) is -0.0238. The zero-order chi connectivity index (χ0) is 15.6. The molecule has 0 fully saturated rings. The van der Waals surface area contributed by atoms with Crippen molar-refractivity contribution in [1.82, 2.24) is 9.97 Å². The first-order valence-electron chi connectivity index (χ1n) is 5.65. The lowest BCUT2D eigenvalue weighted by Gasteiger charge is -2.12. The minimum atomic E-state index is -4.58. The van der Waals surface area contributed by atoms with Crippen LogP contribution in [0, 0.1) is 0 Å². The summed E-state index contributed by atoms with van der Waals surface area (Å²) in [6.45, 7) is -0.715. The van der Waals surface area contributed by atoms with Gasteiger partial charge >= 0.3 is 6.18 Å². The number of anilines is 1. The molecular weight excluding hydrogens is 307 g/mol. The largest absolute Gasteiger partial charge is 0.416 e. The smallest absolute Gasteiger partial charge is 0.392 e. The Morgan fingerprint density at radius 2 is 2.05 bits per heavy atom. The van der Waals surface area contributed by atoms with Crippen LogP contribution in [-0.2, 0) is 12.8 Å². The van der Waals surface area contributed by atoms with Crippen LogP contribution < -0.4 is 11.3 Å². The molecule has 0 aliphatic rings. The number of halogens is 3. The van der Waals surface area contributed by atoms with Crippen molar-refractivity contribution in [3.05, 3.63) is 45.7 Å². The van der Waals surface area contributed by atoms with Crippen molar-refractivity contribution in [1.29, 1.82) is 0 Å². The molecule has 0 atom stereocenters. The lowest BCUT2D eigenvalue weighted by Crippen LogP contribution is -2.10. The molecule has 0 aliphatic heterocycles. The van der Waals surface area contributed by atoms with Gasteiger partial charge in [-0.15, -0.1) is 0 Å². The molecule has 0 unspecified atom stereocenters. The number of aromatic nitrogens is 2. The minimum absolute atomic E-state index is 0.0238. The molecule has 9 heteroatoms. The van der Waals surface area contributed by atoms with E-state index in [0.29, 0.717) is 0 Å². The molecule has 1 aromatic heterocycles. The SMILES string of the molecule is Nc1cc(=O)[nH]c(Sc2ccc(CO)c(C(F)(F)F)c2)n1. The topological polar surface area (TPSA) is 92.0 Å². The van der Waals surface area contributed by atoms with Crippen molar-refractivity contribution in [2.24, 2.45) is 0 Å². The molecule has 5 nitrogen and oxygen atoms in total. The number of H-pyrrole nitrogens is 1. The maximum atomic E-state index is 12.9. The standard InChI is InChI=1S/C12H10F3N3O2S/c13-12(14,15)8-3-7(2-1-6(8)5-19)21-11-17-9(16)4-10(20)18-11/h1-4,19H,5H2,(H3,16,17,18,20). The van der Waals surface area contributed by atoms with Crippen LogP contribution in [0.3, 0.4) is 0 Å². The van der Waals surface area contributed by atoms with E-state index in [1.54, 1.807) is 0 Å². The highest BCUT2D eigenvalue weighted by atomic mass is 32.2. The predicted molar refractivity (Wildman–Crippen MR) is 70.8 cm³/mol. The molecule has 4 N–H and O–H groups in total. The number of hydrogen-bond acceptors (Lipinski definition) is 5. The van der Waals surface area contributed by atoms with Crippen LogP contribution in [0.1, 0.15) is 11.1 Å². The quantitative estimate of drug-likeness (QED) is 0.753. The Bertz CT molecular complexity index is 716. The molecule has 1 heterocycles. The number of aliphatic hydroxyl groups excluding tert-OH is 1. The Balaban J connectivity index is 2.39. The lowest BCUT2D eigenvalue weighted by atomic mass is 10.1. The van der Waals surface area contributed by atoms with E-state index in [1.165, 1.54) is 12.1 Å². The Kier molecular flexibility index (Phi) is 4.24. The first-order valence-corrected chi connectivity index (χ1v) is 6.47. The van der Waals surface area contributed by atoms with Crippen LogP contribution in [-0.4, -0.2) is 15.1 Å². The van der Waals surface area contributed by atoms with Crippen molar-refractivity contribution in [3.8, 4) is 0 Å². The molecule has 2 rings (SSSR count). The fourth-order valence-corrected chi connectivity index (χ4v) is 2.47. The summed E-state index contributed by atoms with van der Waals surface area (Å²) < 4.78 is 38.6. The van der Waals surface area contributed by atoms with Gasteiger partial charge in [-0.2, -0.15) is 13.2 Å². The number of aromatic amines is 1. The number of nitrogen functional groups attached to an aromatic ring is 1. The van der Waals surface area contributed by atoms with Crippen molar-refractivity contribution in [2.45, 2.75) is 22.8 Å². The molecule has 0 saturated carbocycles. The van der Waals surface area contributed by atoms with E-state index in [2.05, 4.69) is 9.97 Å². The van der Waals surface area contributed by atoms with Crippen LogP contribution >= 0.6 is 11.8 Å². The van der Waals surface area contributed by atoms with Gasteiger partial charge < -0.3 is 15.8 Å². The van der Waals surface area contributed by atoms with Gasteiger partial charge in [0, 0.05) is 11.0 Å². The third-order valence-electron chi connectivity index (χ3n) is 2.51. The average molecular weight is 317 g/mol. The molecular formula is C12H10F3N3O2S. The number of nitrogens with zero attached hydrogens (tertiary/aromatic N) is 1. The Morgan fingerprint density at radius 3 is 2.62 bits per heavy atom. The molecule has 2 aromatic rings. The Hall–Kier alpha value is -2.00. The van der Waals surface area contributed by atoms with Gasteiger partial charge in [0.25, 0.3) is 5.56 Å². The number of nitrogens with one attached hydrogen (secondary N) is 1. The van der Waals surface area contributed by atoms with Gasteiger partial charge in [0.05, 0.1) is 12.2 Å². The van der Waals surface area contributed by atoms with Crippen LogP contribution in [0.25, 0.3) is 0 Å². The summed E-state index contributed by atoms with van der Waals surface area (Å²) >= 11 is 0.837. The van der Waals surface area contributed by atoms with Gasteiger partial charge in [-0.05, 0) is 17.7 Å². The fourth-order valence-electron chi connectivity index (χ4n) is 1.63. The molecule has 0 aliphatic carbocycles. The number of alkyl halides is 3. The van der Waals surface area contributed by atoms with Crippen molar-refractivity contribution < 1.29 is 18.3 Å². The molecule has 0 spiro atoms. The normalized spacial score (nSPS) is 11.6. The summed E-state index contributed by atoms with van der Waals surface area (Å²) in [7, 11) is 0. The van der Waals surface area contributed by atoms with Crippen molar-refractivity contribution in [2.75, 3.05) is 5.73 Å². The second-order valence-corrected chi connectivity index (χ2v) is 5.11. The molecule has 0 radical (unpaired) electrons. The summed E-state index contributed by atoms with van der Waals surface area (Å²) in [6.07, 6.45) is -4.58. The molecule has 21 heavy (non-hydrogen) atoms. The fraction of sp³-hybridized carbons (Fsp3) is 0.167. The van der Waals surface area contributed by atoms with Crippen LogP contribution in [0.15, 0.2) is 39.1 Å². The van der Waals surface area contributed by atoms with Gasteiger partial charge in [0.1, 0.15) is 5.82 Å². The van der Waals surface area contributed by atoms with Crippen LogP contribution in [0.4, 0.5) is 19.0 Å². The second-order valence-electron chi connectivity index (χ2n) is 4.05. The van der Waals surface area contributed by atoms with Gasteiger partial charge in [-0.25, -0.2) is 4.98 Å². The molecule has 0 saturated heterocycles. The number of benzene rings is 1. The zero-order valence-corrected chi connectivity index (χ0v) is 11.3. The van der Waals surface area contributed by atoms with E-state index in [0.717, 1.165) is 23.9 Å². The van der Waals surface area contributed by atoms with Gasteiger partial charge in [-0.3, -0.25) is 4.79 Å². The van der Waals surface area contributed by atoms with E-state index in [4.69, 9.17) is 10.8 Å². The average Bonchev–Trinajstić information content (AvgIpc) is 2.36. The van der Waals surface area contributed by atoms with Crippen LogP contribution in [0.5, 0.6) is 0 Å². The summed E-state index contributed by atoms with van der Waals surface area (Å²) in [5, 5.41) is 9.04. The highest BCUT2D eigenvalue weighted by Crippen LogP contribution is 2.35. The van der Waals surface area contributed by atoms with Gasteiger partial charge in [0.2, 0.25) is 0 Å². The highest BCUT2D eigenvalue weighted by Gasteiger charge is 2.33. The van der Waals surface area contributed by atoms with Gasteiger partial charge in [-0.1, -0.05) is 17.8 Å².